The van der Waals surface area contributed by atoms with E-state index in [1.807, 2.05) is 6.92 Å². The van der Waals surface area contributed by atoms with Crippen molar-refractivity contribution >= 4 is 33.2 Å². The minimum Gasteiger partial charge on any atom is -0.368 e. The molecule has 6 nitrogen and oxygen atoms in total. The number of rotatable bonds is 8. The summed E-state index contributed by atoms with van der Waals surface area (Å²) in [5, 5.41) is 6.33. The van der Waals surface area contributed by atoms with E-state index in [1.54, 1.807) is 6.92 Å². The largest absolute Gasteiger partial charge is 0.368 e. The fourth-order valence-electron chi connectivity index (χ4n) is 1.28. The lowest BCUT2D eigenvalue weighted by Crippen LogP contribution is -2.18. The zero-order chi connectivity index (χ0) is 14.3. The topological polar surface area (TPSA) is 84.0 Å². The van der Waals surface area contributed by atoms with Crippen molar-refractivity contribution in [2.75, 3.05) is 35.2 Å². The Bertz CT molecular complexity index is 507. The van der Waals surface area contributed by atoms with E-state index >= 15 is 0 Å². The Kier molecular flexibility index (Phi) is 6.30. The van der Waals surface area contributed by atoms with Gasteiger partial charge in [0.15, 0.2) is 15.7 Å². The molecule has 0 radical (unpaired) electrons. The summed E-state index contributed by atoms with van der Waals surface area (Å²) < 4.78 is 22.7. The molecule has 1 rings (SSSR count). The van der Waals surface area contributed by atoms with Crippen LogP contribution in [0.3, 0.4) is 0 Å². The molecule has 8 heteroatoms. The summed E-state index contributed by atoms with van der Waals surface area (Å²) in [6, 6.07) is 0. The van der Waals surface area contributed by atoms with E-state index in [4.69, 9.17) is 11.6 Å². The number of hydrogen-bond donors (Lipinski definition) is 2. The Labute approximate surface area is 118 Å². The molecule has 0 aliphatic heterocycles. The van der Waals surface area contributed by atoms with E-state index in [0.29, 0.717) is 16.8 Å². The fourth-order valence-corrected chi connectivity index (χ4v) is 2.14. The summed E-state index contributed by atoms with van der Waals surface area (Å²) in [6.45, 7) is 4.71. The van der Waals surface area contributed by atoms with Crippen molar-refractivity contribution in [2.45, 2.75) is 20.3 Å². The molecule has 0 aromatic carbocycles. The highest BCUT2D eigenvalue weighted by Gasteiger charge is 2.09. The van der Waals surface area contributed by atoms with Gasteiger partial charge < -0.3 is 10.6 Å². The number of aromatic nitrogens is 2. The first-order valence-corrected chi connectivity index (χ1v) is 8.39. The Morgan fingerprint density at radius 3 is 2.63 bits per heavy atom. The molecule has 0 bridgehead atoms. The molecule has 0 atom stereocenters. The van der Waals surface area contributed by atoms with Crippen LogP contribution in [0.25, 0.3) is 0 Å². The van der Waals surface area contributed by atoms with Crippen molar-refractivity contribution in [1.29, 1.82) is 0 Å². The van der Waals surface area contributed by atoms with Crippen molar-refractivity contribution in [3.63, 3.8) is 0 Å². The second-order valence-corrected chi connectivity index (χ2v) is 6.86. The van der Waals surface area contributed by atoms with Crippen molar-refractivity contribution in [3.05, 3.63) is 11.2 Å². The monoisotopic (exact) mass is 306 g/mol. The predicted octanol–water partition coefficient (Wildman–Crippen LogP) is 1.80. The van der Waals surface area contributed by atoms with Gasteiger partial charge in [0, 0.05) is 18.8 Å². The van der Waals surface area contributed by atoms with Gasteiger partial charge in [-0.3, -0.25) is 0 Å². The van der Waals surface area contributed by atoms with Gasteiger partial charge in [-0.2, -0.15) is 4.98 Å². The summed E-state index contributed by atoms with van der Waals surface area (Å²) >= 11 is 5.95. The quantitative estimate of drug-likeness (QED) is 0.762. The standard InChI is InChI=1S/C11H19ClN4O2S/c1-3-5-14-11-15-8-9(12)10(16-11)13-6-7-19(17,18)4-2/h8H,3-7H2,1-2H3,(H2,13,14,15,16). The molecular formula is C11H19ClN4O2S. The minimum atomic E-state index is -2.99. The first-order valence-electron chi connectivity index (χ1n) is 6.19. The SMILES string of the molecule is CCCNc1ncc(Cl)c(NCCS(=O)(=O)CC)n1. The molecule has 1 heterocycles. The van der Waals surface area contributed by atoms with Gasteiger partial charge in [-0.25, -0.2) is 13.4 Å². The lowest BCUT2D eigenvalue weighted by atomic mass is 10.5. The van der Waals surface area contributed by atoms with Crippen molar-refractivity contribution in [1.82, 2.24) is 9.97 Å². The predicted molar refractivity (Wildman–Crippen MR) is 78.6 cm³/mol. The summed E-state index contributed by atoms with van der Waals surface area (Å²) in [4.78, 5) is 8.23. The number of nitrogens with one attached hydrogen (secondary N) is 2. The third-order valence-corrected chi connectivity index (χ3v) is 4.40. The Morgan fingerprint density at radius 2 is 2.00 bits per heavy atom. The maximum Gasteiger partial charge on any atom is 0.224 e. The highest BCUT2D eigenvalue weighted by atomic mass is 35.5. The highest BCUT2D eigenvalue weighted by Crippen LogP contribution is 2.19. The van der Waals surface area contributed by atoms with Gasteiger partial charge in [0.2, 0.25) is 5.95 Å². The number of sulfone groups is 1. The zero-order valence-electron chi connectivity index (χ0n) is 11.1. The van der Waals surface area contributed by atoms with Crippen molar-refractivity contribution in [3.8, 4) is 0 Å². The van der Waals surface area contributed by atoms with E-state index in [1.165, 1.54) is 6.20 Å². The van der Waals surface area contributed by atoms with Crippen LogP contribution in [0.5, 0.6) is 0 Å². The van der Waals surface area contributed by atoms with E-state index < -0.39 is 9.84 Å². The second-order valence-electron chi connectivity index (χ2n) is 3.98. The average molecular weight is 307 g/mol. The zero-order valence-corrected chi connectivity index (χ0v) is 12.7. The third-order valence-electron chi connectivity index (χ3n) is 2.42. The molecule has 1 aromatic rings. The van der Waals surface area contributed by atoms with Crippen LogP contribution >= 0.6 is 11.6 Å². The fraction of sp³-hybridized carbons (Fsp3) is 0.636. The van der Waals surface area contributed by atoms with Crippen LogP contribution in [-0.4, -0.2) is 43.0 Å². The first-order chi connectivity index (χ1) is 8.98. The second kappa shape index (κ2) is 7.49. The van der Waals surface area contributed by atoms with Crippen molar-refractivity contribution in [2.24, 2.45) is 0 Å². The van der Waals surface area contributed by atoms with Gasteiger partial charge in [0.25, 0.3) is 0 Å². The summed E-state index contributed by atoms with van der Waals surface area (Å²) in [5.74, 6) is 1.12. The molecule has 0 aliphatic rings. The molecule has 0 aliphatic carbocycles. The number of nitrogens with zero attached hydrogens (tertiary/aromatic N) is 2. The summed E-state index contributed by atoms with van der Waals surface area (Å²) in [5.41, 5.74) is 0. The average Bonchev–Trinajstić information content (AvgIpc) is 2.39. The molecule has 108 valence electrons. The van der Waals surface area contributed by atoms with Gasteiger partial charge >= 0.3 is 0 Å². The molecule has 0 unspecified atom stereocenters. The molecule has 0 saturated carbocycles. The molecule has 0 spiro atoms. The summed E-state index contributed by atoms with van der Waals surface area (Å²) in [6.07, 6.45) is 2.45. The van der Waals surface area contributed by atoms with Gasteiger partial charge in [-0.1, -0.05) is 25.4 Å². The number of anilines is 2. The smallest absolute Gasteiger partial charge is 0.224 e. The van der Waals surface area contributed by atoms with Gasteiger partial charge in [-0.05, 0) is 6.42 Å². The van der Waals surface area contributed by atoms with Gasteiger partial charge in [0.05, 0.1) is 11.9 Å². The van der Waals surface area contributed by atoms with Crippen LogP contribution in [0.2, 0.25) is 5.02 Å². The number of hydrogen-bond acceptors (Lipinski definition) is 6. The molecular weight excluding hydrogens is 288 g/mol. The third kappa shape index (κ3) is 5.61. The van der Waals surface area contributed by atoms with E-state index in [2.05, 4.69) is 20.6 Å². The Hall–Kier alpha value is -1.08. The lowest BCUT2D eigenvalue weighted by molar-refractivity contribution is 0.597. The lowest BCUT2D eigenvalue weighted by Gasteiger charge is -2.09. The molecule has 0 fully saturated rings. The van der Waals surface area contributed by atoms with Crippen LogP contribution < -0.4 is 10.6 Å². The highest BCUT2D eigenvalue weighted by molar-refractivity contribution is 7.91. The normalized spacial score (nSPS) is 11.3. The molecule has 0 saturated heterocycles. The minimum absolute atomic E-state index is 0.0571. The molecule has 1 aromatic heterocycles. The Balaban J connectivity index is 2.61. The Morgan fingerprint density at radius 1 is 1.26 bits per heavy atom. The first kappa shape index (κ1) is 16.0. The number of halogens is 1. The molecule has 2 N–H and O–H groups in total. The maximum absolute atomic E-state index is 11.4. The van der Waals surface area contributed by atoms with Gasteiger partial charge in [-0.15, -0.1) is 0 Å². The van der Waals surface area contributed by atoms with Gasteiger partial charge in [0.1, 0.15) is 5.02 Å². The van der Waals surface area contributed by atoms with E-state index in [0.717, 1.165) is 13.0 Å². The van der Waals surface area contributed by atoms with Crippen LogP contribution in [0.15, 0.2) is 6.20 Å². The maximum atomic E-state index is 11.4. The van der Waals surface area contributed by atoms with Crippen LogP contribution in [0, 0.1) is 0 Å². The summed E-state index contributed by atoms with van der Waals surface area (Å²) in [7, 11) is -2.99. The van der Waals surface area contributed by atoms with Crippen LogP contribution in [0.4, 0.5) is 11.8 Å². The molecule has 0 amide bonds. The van der Waals surface area contributed by atoms with Crippen LogP contribution in [0.1, 0.15) is 20.3 Å². The van der Waals surface area contributed by atoms with E-state index in [-0.39, 0.29) is 18.1 Å². The van der Waals surface area contributed by atoms with E-state index in [9.17, 15) is 8.42 Å². The van der Waals surface area contributed by atoms with Crippen molar-refractivity contribution < 1.29 is 8.42 Å². The van der Waals surface area contributed by atoms with Crippen LogP contribution in [-0.2, 0) is 9.84 Å². The molecule has 19 heavy (non-hydrogen) atoms.